The van der Waals surface area contributed by atoms with E-state index in [-0.39, 0.29) is 0 Å². The number of anilines is 1. The number of nitrogens with zero attached hydrogens (tertiary/aromatic N) is 3. The zero-order chi connectivity index (χ0) is 16.1. The maximum Gasteiger partial charge on any atom is 0.118 e. The van der Waals surface area contributed by atoms with Crippen molar-refractivity contribution in [2.24, 2.45) is 5.10 Å². The molecule has 4 nitrogen and oxygen atoms in total. The van der Waals surface area contributed by atoms with Crippen LogP contribution >= 0.6 is 0 Å². The van der Waals surface area contributed by atoms with Gasteiger partial charge < -0.3 is 9.64 Å². The van der Waals surface area contributed by atoms with E-state index in [1.165, 1.54) is 11.3 Å². The van der Waals surface area contributed by atoms with Gasteiger partial charge in [-0.3, -0.25) is 5.01 Å². The topological polar surface area (TPSA) is 28.1 Å². The second-order valence-corrected chi connectivity index (χ2v) is 5.79. The standard InChI is InChI=1S/C19H23N3O/c1-16-3-7-18(8-4-16)21-11-13-22(14-12-21)20-15-17-5-9-19(23-2)10-6-17/h3-10,15H,11-14H2,1-2H3. The van der Waals surface area contributed by atoms with Gasteiger partial charge in [-0.1, -0.05) is 17.7 Å². The van der Waals surface area contributed by atoms with Crippen molar-refractivity contribution in [3.8, 4) is 5.75 Å². The van der Waals surface area contributed by atoms with E-state index < -0.39 is 0 Å². The Hall–Kier alpha value is -2.49. The molecule has 0 amide bonds. The van der Waals surface area contributed by atoms with Crippen LogP contribution in [0, 0.1) is 6.92 Å². The molecular formula is C19H23N3O. The van der Waals surface area contributed by atoms with Crippen LogP contribution < -0.4 is 9.64 Å². The highest BCUT2D eigenvalue weighted by Crippen LogP contribution is 2.17. The summed E-state index contributed by atoms with van der Waals surface area (Å²) in [5, 5.41) is 6.73. The fourth-order valence-electron chi connectivity index (χ4n) is 2.66. The first-order valence-corrected chi connectivity index (χ1v) is 7.99. The minimum atomic E-state index is 0.869. The average Bonchev–Trinajstić information content (AvgIpc) is 2.61. The van der Waals surface area contributed by atoms with Gasteiger partial charge in [-0.05, 0) is 48.9 Å². The Bertz CT molecular complexity index is 641. The summed E-state index contributed by atoms with van der Waals surface area (Å²) in [6, 6.07) is 16.7. The lowest BCUT2D eigenvalue weighted by Gasteiger charge is -2.34. The number of aryl methyl sites for hydroxylation is 1. The first-order valence-electron chi connectivity index (χ1n) is 7.99. The van der Waals surface area contributed by atoms with E-state index in [9.17, 15) is 0 Å². The van der Waals surface area contributed by atoms with Crippen LogP contribution in [0.15, 0.2) is 53.6 Å². The molecule has 120 valence electrons. The molecule has 23 heavy (non-hydrogen) atoms. The van der Waals surface area contributed by atoms with Gasteiger partial charge in [-0.2, -0.15) is 5.10 Å². The van der Waals surface area contributed by atoms with Crippen molar-refractivity contribution < 1.29 is 4.74 Å². The third kappa shape index (κ3) is 4.03. The number of hydrogen-bond donors (Lipinski definition) is 0. The maximum atomic E-state index is 5.16. The summed E-state index contributed by atoms with van der Waals surface area (Å²) in [4.78, 5) is 2.42. The number of hydrogen-bond acceptors (Lipinski definition) is 4. The fourth-order valence-corrected chi connectivity index (χ4v) is 2.66. The molecule has 0 N–H and O–H groups in total. The Morgan fingerprint density at radius 1 is 0.913 bits per heavy atom. The Morgan fingerprint density at radius 2 is 1.57 bits per heavy atom. The van der Waals surface area contributed by atoms with Crippen LogP contribution in [0.5, 0.6) is 5.75 Å². The Balaban J connectivity index is 1.54. The molecule has 3 rings (SSSR count). The molecule has 0 atom stereocenters. The van der Waals surface area contributed by atoms with Crippen LogP contribution in [0.1, 0.15) is 11.1 Å². The molecule has 4 heteroatoms. The number of ether oxygens (including phenoxy) is 1. The third-order valence-electron chi connectivity index (χ3n) is 4.14. The van der Waals surface area contributed by atoms with Crippen LogP contribution in [0.3, 0.4) is 0 Å². The first kappa shape index (κ1) is 15.4. The summed E-state index contributed by atoms with van der Waals surface area (Å²) in [6.07, 6.45) is 1.92. The van der Waals surface area contributed by atoms with Crippen molar-refractivity contribution >= 4 is 11.9 Å². The largest absolute Gasteiger partial charge is 0.497 e. The van der Waals surface area contributed by atoms with E-state index in [1.807, 2.05) is 30.5 Å². The van der Waals surface area contributed by atoms with E-state index in [0.717, 1.165) is 37.5 Å². The van der Waals surface area contributed by atoms with Gasteiger partial charge >= 0.3 is 0 Å². The van der Waals surface area contributed by atoms with Gasteiger partial charge in [0.2, 0.25) is 0 Å². The summed E-state index contributed by atoms with van der Waals surface area (Å²) in [5.41, 5.74) is 3.69. The number of methoxy groups -OCH3 is 1. The average molecular weight is 309 g/mol. The van der Waals surface area contributed by atoms with E-state index in [4.69, 9.17) is 4.74 Å². The van der Waals surface area contributed by atoms with E-state index in [1.54, 1.807) is 7.11 Å². The fraction of sp³-hybridized carbons (Fsp3) is 0.316. The lowest BCUT2D eigenvalue weighted by atomic mass is 10.2. The summed E-state index contributed by atoms with van der Waals surface area (Å²) < 4.78 is 5.16. The minimum absolute atomic E-state index is 0.869. The molecule has 1 heterocycles. The molecule has 0 spiro atoms. The molecule has 0 aliphatic carbocycles. The molecule has 0 unspecified atom stereocenters. The normalized spacial score (nSPS) is 15.2. The van der Waals surface area contributed by atoms with Gasteiger partial charge in [0.05, 0.1) is 26.4 Å². The smallest absolute Gasteiger partial charge is 0.118 e. The van der Waals surface area contributed by atoms with Crippen molar-refractivity contribution in [2.45, 2.75) is 6.92 Å². The number of piperazine rings is 1. The summed E-state index contributed by atoms with van der Waals surface area (Å²) in [7, 11) is 1.68. The van der Waals surface area contributed by atoms with Gasteiger partial charge in [-0.15, -0.1) is 0 Å². The molecule has 0 radical (unpaired) electrons. The van der Waals surface area contributed by atoms with Gasteiger partial charge in [-0.25, -0.2) is 0 Å². The molecule has 1 aliphatic heterocycles. The zero-order valence-corrected chi connectivity index (χ0v) is 13.8. The number of hydrazone groups is 1. The molecule has 0 saturated carbocycles. The predicted molar refractivity (Wildman–Crippen MR) is 95.6 cm³/mol. The van der Waals surface area contributed by atoms with Crippen molar-refractivity contribution in [3.05, 3.63) is 59.7 Å². The quantitative estimate of drug-likeness (QED) is 0.812. The number of benzene rings is 2. The first-order chi connectivity index (χ1) is 11.2. The highest BCUT2D eigenvalue weighted by molar-refractivity contribution is 5.79. The van der Waals surface area contributed by atoms with Crippen LogP contribution in [-0.4, -0.2) is 44.5 Å². The highest BCUT2D eigenvalue weighted by atomic mass is 16.5. The molecule has 1 aliphatic rings. The van der Waals surface area contributed by atoms with Crippen LogP contribution in [-0.2, 0) is 0 Å². The third-order valence-corrected chi connectivity index (χ3v) is 4.14. The van der Waals surface area contributed by atoms with Crippen LogP contribution in [0.4, 0.5) is 5.69 Å². The summed E-state index contributed by atoms with van der Waals surface area (Å²) in [6.45, 7) is 6.02. The monoisotopic (exact) mass is 309 g/mol. The maximum absolute atomic E-state index is 5.16. The Labute approximate surface area is 138 Å². The molecule has 0 bridgehead atoms. The molecule has 2 aromatic carbocycles. The number of rotatable bonds is 4. The zero-order valence-electron chi connectivity index (χ0n) is 13.8. The molecule has 0 aromatic heterocycles. The molecule has 2 aromatic rings. The Morgan fingerprint density at radius 3 is 2.17 bits per heavy atom. The van der Waals surface area contributed by atoms with Crippen molar-refractivity contribution in [3.63, 3.8) is 0 Å². The van der Waals surface area contributed by atoms with Crippen molar-refractivity contribution in [2.75, 3.05) is 38.2 Å². The van der Waals surface area contributed by atoms with Gasteiger partial charge in [0.1, 0.15) is 5.75 Å². The van der Waals surface area contributed by atoms with Crippen LogP contribution in [0.25, 0.3) is 0 Å². The summed E-state index contributed by atoms with van der Waals surface area (Å²) in [5.74, 6) is 0.869. The second kappa shape index (κ2) is 7.18. The van der Waals surface area contributed by atoms with Crippen molar-refractivity contribution in [1.29, 1.82) is 0 Å². The lowest BCUT2D eigenvalue weighted by molar-refractivity contribution is 0.272. The van der Waals surface area contributed by atoms with Gasteiger partial charge in [0.25, 0.3) is 0 Å². The summed E-state index contributed by atoms with van der Waals surface area (Å²) >= 11 is 0. The highest BCUT2D eigenvalue weighted by Gasteiger charge is 2.15. The SMILES string of the molecule is COc1ccc(C=NN2CCN(c3ccc(C)cc3)CC2)cc1. The predicted octanol–water partition coefficient (Wildman–Crippen LogP) is 3.16. The van der Waals surface area contributed by atoms with Gasteiger partial charge in [0, 0.05) is 18.8 Å². The molecular weight excluding hydrogens is 286 g/mol. The van der Waals surface area contributed by atoms with Gasteiger partial charge in [0.15, 0.2) is 0 Å². The van der Waals surface area contributed by atoms with E-state index in [0.29, 0.717) is 0 Å². The lowest BCUT2D eigenvalue weighted by Crippen LogP contribution is -2.44. The molecule has 1 fully saturated rings. The van der Waals surface area contributed by atoms with E-state index >= 15 is 0 Å². The molecule has 1 saturated heterocycles. The van der Waals surface area contributed by atoms with Crippen molar-refractivity contribution in [1.82, 2.24) is 5.01 Å². The minimum Gasteiger partial charge on any atom is -0.497 e. The Kier molecular flexibility index (Phi) is 4.81. The van der Waals surface area contributed by atoms with E-state index in [2.05, 4.69) is 46.2 Å². The second-order valence-electron chi connectivity index (χ2n) is 5.79. The van der Waals surface area contributed by atoms with Crippen LogP contribution in [0.2, 0.25) is 0 Å².